The molecule has 0 radical (unpaired) electrons. The molecule has 1 saturated carbocycles. The molecule has 16 heavy (non-hydrogen) atoms. The summed E-state index contributed by atoms with van der Waals surface area (Å²) in [6.07, 6.45) is 7.30. The van der Waals surface area contributed by atoms with Gasteiger partial charge >= 0.3 is 0 Å². The third-order valence-corrected chi connectivity index (χ3v) is 9.07. The van der Waals surface area contributed by atoms with Crippen molar-refractivity contribution in [3.8, 4) is 0 Å². The average Bonchev–Trinajstić information content (AvgIpc) is 2.34. The van der Waals surface area contributed by atoms with E-state index in [2.05, 4.69) is 33.1 Å². The number of nitrogens with one attached hydrogen (secondary N) is 1. The Morgan fingerprint density at radius 1 is 1.19 bits per heavy atom. The molecule has 0 spiro atoms. The molecule has 1 N–H and O–H groups in total. The van der Waals surface area contributed by atoms with Crippen LogP contribution in [0.25, 0.3) is 0 Å². The van der Waals surface area contributed by atoms with Gasteiger partial charge in [0, 0.05) is 6.04 Å². The largest absolute Gasteiger partial charge is 0.317 e. The van der Waals surface area contributed by atoms with Crippen molar-refractivity contribution in [3.05, 3.63) is 0 Å². The molecule has 6 atom stereocenters. The minimum Gasteiger partial charge on any atom is -0.317 e. The van der Waals surface area contributed by atoms with Crippen LogP contribution < -0.4 is 5.32 Å². The Hall–Kier alpha value is 0.390. The van der Waals surface area contributed by atoms with E-state index in [4.69, 9.17) is 0 Å². The lowest BCUT2D eigenvalue weighted by Gasteiger charge is -2.56. The van der Waals surface area contributed by atoms with Gasteiger partial charge in [-0.3, -0.25) is 0 Å². The van der Waals surface area contributed by atoms with Crippen LogP contribution in [0.2, 0.25) is 0 Å². The molecule has 0 aromatic carbocycles. The Labute approximate surface area is 103 Å². The van der Waals surface area contributed by atoms with Crippen LogP contribution in [0.15, 0.2) is 0 Å². The minimum atomic E-state index is 0.345. The molecule has 6 unspecified atom stereocenters. The van der Waals surface area contributed by atoms with E-state index in [9.17, 15) is 0 Å². The molecular formula is C14H28NP. The summed E-state index contributed by atoms with van der Waals surface area (Å²) in [6, 6.07) is 0.824. The van der Waals surface area contributed by atoms with E-state index in [1.807, 2.05) is 0 Å². The van der Waals surface area contributed by atoms with Crippen molar-refractivity contribution in [1.29, 1.82) is 0 Å². The van der Waals surface area contributed by atoms with E-state index in [0.29, 0.717) is 7.92 Å². The van der Waals surface area contributed by atoms with Gasteiger partial charge in [0.1, 0.15) is 0 Å². The summed E-state index contributed by atoms with van der Waals surface area (Å²) < 4.78 is 0. The first-order valence-electron chi connectivity index (χ1n) is 7.13. The highest BCUT2D eigenvalue weighted by Crippen LogP contribution is 2.66. The molecule has 2 fully saturated rings. The van der Waals surface area contributed by atoms with Gasteiger partial charge in [-0.1, -0.05) is 41.5 Å². The molecule has 2 aliphatic rings. The lowest BCUT2D eigenvalue weighted by molar-refractivity contribution is 0.222. The van der Waals surface area contributed by atoms with Gasteiger partial charge in [-0.15, -0.1) is 0 Å². The van der Waals surface area contributed by atoms with Gasteiger partial charge < -0.3 is 5.32 Å². The molecule has 94 valence electrons. The van der Waals surface area contributed by atoms with Gasteiger partial charge in [-0.05, 0) is 49.2 Å². The quantitative estimate of drug-likeness (QED) is 0.743. The van der Waals surface area contributed by atoms with E-state index < -0.39 is 0 Å². The highest BCUT2D eigenvalue weighted by Gasteiger charge is 2.49. The summed E-state index contributed by atoms with van der Waals surface area (Å²) in [4.78, 5) is 0. The second-order valence-electron chi connectivity index (χ2n) is 5.76. The van der Waals surface area contributed by atoms with Crippen LogP contribution in [-0.2, 0) is 0 Å². The molecule has 0 amide bonds. The van der Waals surface area contributed by atoms with Gasteiger partial charge in [0.15, 0.2) is 0 Å². The van der Waals surface area contributed by atoms with Crippen LogP contribution >= 0.6 is 7.92 Å². The maximum absolute atomic E-state index is 3.59. The zero-order valence-corrected chi connectivity index (χ0v) is 12.3. The van der Waals surface area contributed by atoms with Crippen molar-refractivity contribution in [2.75, 3.05) is 13.2 Å². The van der Waals surface area contributed by atoms with E-state index in [-0.39, 0.29) is 0 Å². The number of rotatable bonds is 3. The van der Waals surface area contributed by atoms with Gasteiger partial charge in [0.2, 0.25) is 0 Å². The third kappa shape index (κ3) is 2.06. The topological polar surface area (TPSA) is 12.0 Å². The monoisotopic (exact) mass is 241 g/mol. The fourth-order valence-corrected chi connectivity index (χ4v) is 7.86. The molecule has 1 nitrogen and oxygen atoms in total. The van der Waals surface area contributed by atoms with Crippen molar-refractivity contribution in [1.82, 2.24) is 5.32 Å². The zero-order valence-electron chi connectivity index (χ0n) is 11.4. The fourth-order valence-electron chi connectivity index (χ4n) is 4.12. The van der Waals surface area contributed by atoms with Crippen molar-refractivity contribution in [3.63, 3.8) is 0 Å². The highest BCUT2D eigenvalue weighted by atomic mass is 31.1. The molecule has 0 aromatic rings. The first-order chi connectivity index (χ1) is 7.70. The molecule has 2 rings (SSSR count). The molecule has 1 aliphatic heterocycles. The Kier molecular flexibility index (Phi) is 4.30. The molecular weight excluding hydrogens is 213 g/mol. The third-order valence-electron chi connectivity index (χ3n) is 5.20. The number of hydrogen-bond acceptors (Lipinski definition) is 1. The summed E-state index contributed by atoms with van der Waals surface area (Å²) >= 11 is 0. The summed E-state index contributed by atoms with van der Waals surface area (Å²) in [5.41, 5.74) is 2.11. The van der Waals surface area contributed by atoms with Crippen molar-refractivity contribution in [2.24, 2.45) is 11.8 Å². The summed E-state index contributed by atoms with van der Waals surface area (Å²) in [5, 5.41) is 3.59. The van der Waals surface area contributed by atoms with Crippen molar-refractivity contribution < 1.29 is 0 Å². The van der Waals surface area contributed by atoms with Crippen LogP contribution in [0.5, 0.6) is 0 Å². The van der Waals surface area contributed by atoms with Crippen LogP contribution in [0, 0.1) is 11.8 Å². The Bertz CT molecular complexity index is 225. The Morgan fingerprint density at radius 2 is 1.88 bits per heavy atom. The molecule has 1 heterocycles. The minimum absolute atomic E-state index is 0.345. The first-order valence-corrected chi connectivity index (χ1v) is 8.80. The molecule has 2 heteroatoms. The first kappa shape index (κ1) is 12.8. The standard InChI is InChI=1S/C14H28NP/c1-5-16-11(3)10(2)14(16)12-8-6-7-9-13(12)15-4/h10-15H,5-9H2,1-4H3. The molecule has 1 aliphatic carbocycles. The maximum atomic E-state index is 3.59. The van der Waals surface area contributed by atoms with Gasteiger partial charge in [0.25, 0.3) is 0 Å². The Balaban J connectivity index is 2.04. The fraction of sp³-hybridized carbons (Fsp3) is 1.00. The average molecular weight is 241 g/mol. The van der Waals surface area contributed by atoms with Crippen LogP contribution in [-0.4, -0.2) is 30.6 Å². The van der Waals surface area contributed by atoms with E-state index in [1.54, 1.807) is 0 Å². The second-order valence-corrected chi connectivity index (χ2v) is 8.84. The van der Waals surface area contributed by atoms with Crippen LogP contribution in [0.3, 0.4) is 0 Å². The maximum Gasteiger partial charge on any atom is 0.00984 e. The molecule has 1 saturated heterocycles. The molecule has 0 bridgehead atoms. The van der Waals surface area contributed by atoms with Crippen LogP contribution in [0.4, 0.5) is 0 Å². The normalized spacial score (nSPS) is 48.8. The smallest absolute Gasteiger partial charge is 0.00984 e. The van der Waals surface area contributed by atoms with E-state index in [1.165, 1.54) is 31.8 Å². The van der Waals surface area contributed by atoms with E-state index >= 15 is 0 Å². The van der Waals surface area contributed by atoms with Gasteiger partial charge in [-0.25, -0.2) is 0 Å². The second kappa shape index (κ2) is 5.36. The van der Waals surface area contributed by atoms with E-state index in [0.717, 1.165) is 29.2 Å². The van der Waals surface area contributed by atoms with Crippen molar-refractivity contribution in [2.45, 2.75) is 63.8 Å². The predicted molar refractivity (Wildman–Crippen MR) is 74.7 cm³/mol. The summed E-state index contributed by atoms with van der Waals surface area (Å²) in [6.45, 7) is 7.41. The van der Waals surface area contributed by atoms with Gasteiger partial charge in [0.05, 0.1) is 0 Å². The number of hydrogen-bond donors (Lipinski definition) is 1. The van der Waals surface area contributed by atoms with Crippen LogP contribution in [0.1, 0.15) is 46.5 Å². The lowest BCUT2D eigenvalue weighted by atomic mass is 9.77. The summed E-state index contributed by atoms with van der Waals surface area (Å²) in [5.74, 6) is 1.99. The van der Waals surface area contributed by atoms with Gasteiger partial charge in [-0.2, -0.15) is 0 Å². The highest BCUT2D eigenvalue weighted by molar-refractivity contribution is 7.60. The zero-order chi connectivity index (χ0) is 11.7. The lowest BCUT2D eigenvalue weighted by Crippen LogP contribution is -2.51. The Morgan fingerprint density at radius 3 is 2.50 bits per heavy atom. The summed E-state index contributed by atoms with van der Waals surface area (Å²) in [7, 11) is 2.52. The predicted octanol–water partition coefficient (Wildman–Crippen LogP) is 3.67. The molecule has 0 aromatic heterocycles. The van der Waals surface area contributed by atoms with Crippen molar-refractivity contribution >= 4 is 7.92 Å². The SMILES string of the molecule is CCP1C(C)C(C)C1C1CCCCC1NC.